The van der Waals surface area contributed by atoms with Gasteiger partial charge >= 0.3 is 5.97 Å². The van der Waals surface area contributed by atoms with Gasteiger partial charge in [-0.1, -0.05) is 0 Å². The molecule has 0 saturated heterocycles. The highest BCUT2D eigenvalue weighted by Crippen LogP contribution is 2.22. The van der Waals surface area contributed by atoms with E-state index < -0.39 is 17.2 Å². The van der Waals surface area contributed by atoms with Crippen LogP contribution in [0.2, 0.25) is 0 Å². The number of hydrogen-bond acceptors (Lipinski definition) is 4. The van der Waals surface area contributed by atoms with E-state index in [-0.39, 0.29) is 22.3 Å². The van der Waals surface area contributed by atoms with E-state index in [9.17, 15) is 14.0 Å². The maximum atomic E-state index is 13.9. The quantitative estimate of drug-likeness (QED) is 0.820. The van der Waals surface area contributed by atoms with Gasteiger partial charge in [-0.15, -0.1) is 0 Å². The Morgan fingerprint density at radius 1 is 1.33 bits per heavy atom. The summed E-state index contributed by atoms with van der Waals surface area (Å²) in [6.45, 7) is 0. The summed E-state index contributed by atoms with van der Waals surface area (Å²) in [5.74, 6) is -1.48. The number of carbonyl (C=O) groups is 1. The average Bonchev–Trinajstić information content (AvgIpc) is 2.37. The lowest BCUT2D eigenvalue weighted by atomic mass is 10.1. The number of rotatable bonds is 2. The number of carbonyl (C=O) groups excluding carboxylic acids is 1. The fourth-order valence-electron chi connectivity index (χ4n) is 1.66. The normalized spacial score (nSPS) is 10.4. The summed E-state index contributed by atoms with van der Waals surface area (Å²) < 4.78 is 23.2. The number of nitrogens with one attached hydrogen (secondary N) is 1. The summed E-state index contributed by atoms with van der Waals surface area (Å²) in [5, 5.41) is -0.151. The van der Waals surface area contributed by atoms with Crippen molar-refractivity contribution in [2.75, 3.05) is 14.2 Å². The minimum absolute atomic E-state index is 0.0282. The molecule has 2 rings (SSSR count). The lowest BCUT2D eigenvalue weighted by Crippen LogP contribution is -2.12. The van der Waals surface area contributed by atoms with Gasteiger partial charge in [0.05, 0.1) is 25.1 Å². The molecule has 18 heavy (non-hydrogen) atoms. The maximum Gasteiger partial charge on any atom is 0.354 e. The number of halogens is 1. The monoisotopic (exact) mass is 251 g/mol. The summed E-state index contributed by atoms with van der Waals surface area (Å²) in [6, 6.07) is 3.83. The molecule has 0 amide bonds. The van der Waals surface area contributed by atoms with E-state index in [2.05, 4.69) is 9.72 Å². The Hall–Kier alpha value is -2.37. The summed E-state index contributed by atoms with van der Waals surface area (Å²) in [4.78, 5) is 25.7. The van der Waals surface area contributed by atoms with E-state index in [1.54, 1.807) is 0 Å². The predicted octanol–water partition coefficient (Wildman–Crippen LogP) is 1.46. The van der Waals surface area contributed by atoms with Gasteiger partial charge in [0.15, 0.2) is 17.0 Å². The SMILES string of the molecule is COC(=O)c1cc(=O)c2c(F)c(OC)ccc2[nH]1. The lowest BCUT2D eigenvalue weighted by Gasteiger charge is -2.06. The molecular formula is C12H10FNO4. The minimum Gasteiger partial charge on any atom is -0.494 e. The van der Waals surface area contributed by atoms with E-state index in [0.29, 0.717) is 0 Å². The van der Waals surface area contributed by atoms with E-state index in [1.807, 2.05) is 0 Å². The van der Waals surface area contributed by atoms with Gasteiger partial charge in [0.25, 0.3) is 0 Å². The molecule has 0 fully saturated rings. The molecule has 0 unspecified atom stereocenters. The van der Waals surface area contributed by atoms with Crippen molar-refractivity contribution in [2.24, 2.45) is 0 Å². The molecule has 94 valence electrons. The van der Waals surface area contributed by atoms with Gasteiger partial charge in [-0.05, 0) is 12.1 Å². The second-order valence-corrected chi connectivity index (χ2v) is 3.54. The smallest absolute Gasteiger partial charge is 0.354 e. The number of aromatic nitrogens is 1. The molecule has 0 aliphatic carbocycles. The first-order valence-corrected chi connectivity index (χ1v) is 5.06. The summed E-state index contributed by atoms with van der Waals surface area (Å²) >= 11 is 0. The van der Waals surface area contributed by atoms with E-state index in [0.717, 1.165) is 6.07 Å². The molecule has 0 aliphatic rings. The van der Waals surface area contributed by atoms with Crippen LogP contribution < -0.4 is 10.2 Å². The molecule has 1 heterocycles. The zero-order chi connectivity index (χ0) is 13.3. The molecule has 1 aromatic carbocycles. The Morgan fingerprint density at radius 3 is 2.67 bits per heavy atom. The van der Waals surface area contributed by atoms with Crippen molar-refractivity contribution in [3.8, 4) is 5.75 Å². The third-order valence-corrected chi connectivity index (χ3v) is 2.52. The van der Waals surface area contributed by atoms with Gasteiger partial charge in [-0.25, -0.2) is 9.18 Å². The fraction of sp³-hybridized carbons (Fsp3) is 0.167. The first-order valence-electron chi connectivity index (χ1n) is 5.06. The number of fused-ring (bicyclic) bond motifs is 1. The molecule has 2 aromatic rings. The number of methoxy groups -OCH3 is 2. The Bertz CT molecular complexity index is 678. The van der Waals surface area contributed by atoms with E-state index in [1.165, 1.54) is 26.4 Å². The summed E-state index contributed by atoms with van der Waals surface area (Å²) in [5.41, 5.74) is -0.429. The van der Waals surface area contributed by atoms with Crippen LogP contribution in [-0.2, 0) is 4.74 Å². The molecule has 1 aromatic heterocycles. The van der Waals surface area contributed by atoms with Gasteiger partial charge in [0.2, 0.25) is 0 Å². The number of hydrogen-bond donors (Lipinski definition) is 1. The van der Waals surface area contributed by atoms with Crippen molar-refractivity contribution in [1.82, 2.24) is 4.98 Å². The standard InChI is InChI=1S/C12H10FNO4/c1-17-9-4-3-6-10(11(9)13)8(15)5-7(14-6)12(16)18-2/h3-5H,1-2H3,(H,14,15). The summed E-state index contributed by atoms with van der Waals surface area (Å²) in [7, 11) is 2.50. The van der Waals surface area contributed by atoms with Gasteiger partial charge in [-0.3, -0.25) is 4.79 Å². The van der Waals surface area contributed by atoms with Gasteiger partial charge in [0.1, 0.15) is 5.69 Å². The molecule has 0 radical (unpaired) electrons. The molecule has 0 atom stereocenters. The van der Waals surface area contributed by atoms with Crippen LogP contribution in [0.15, 0.2) is 23.0 Å². The van der Waals surface area contributed by atoms with Gasteiger partial charge < -0.3 is 14.5 Å². The lowest BCUT2D eigenvalue weighted by molar-refractivity contribution is 0.0594. The Morgan fingerprint density at radius 2 is 2.06 bits per heavy atom. The number of H-pyrrole nitrogens is 1. The number of esters is 1. The number of ether oxygens (including phenoxy) is 2. The third-order valence-electron chi connectivity index (χ3n) is 2.52. The van der Waals surface area contributed by atoms with Crippen molar-refractivity contribution in [3.63, 3.8) is 0 Å². The molecule has 5 nitrogen and oxygen atoms in total. The Kier molecular flexibility index (Phi) is 3.01. The first kappa shape index (κ1) is 12.1. The van der Waals surface area contributed by atoms with Crippen LogP contribution >= 0.6 is 0 Å². The Balaban J connectivity index is 2.78. The van der Waals surface area contributed by atoms with Crippen molar-refractivity contribution in [2.45, 2.75) is 0 Å². The highest BCUT2D eigenvalue weighted by molar-refractivity contribution is 5.91. The number of pyridine rings is 1. The molecule has 6 heteroatoms. The van der Waals surface area contributed by atoms with Crippen molar-refractivity contribution < 1.29 is 18.7 Å². The molecule has 0 bridgehead atoms. The minimum atomic E-state index is -0.757. The van der Waals surface area contributed by atoms with E-state index in [4.69, 9.17) is 4.74 Å². The highest BCUT2D eigenvalue weighted by atomic mass is 19.1. The van der Waals surface area contributed by atoms with Crippen molar-refractivity contribution >= 4 is 16.9 Å². The molecular weight excluding hydrogens is 241 g/mol. The van der Waals surface area contributed by atoms with E-state index >= 15 is 0 Å². The van der Waals surface area contributed by atoms with Crippen LogP contribution in [0.5, 0.6) is 5.75 Å². The maximum absolute atomic E-state index is 13.9. The van der Waals surface area contributed by atoms with Crippen LogP contribution in [0.3, 0.4) is 0 Å². The zero-order valence-electron chi connectivity index (χ0n) is 9.74. The largest absolute Gasteiger partial charge is 0.494 e. The van der Waals surface area contributed by atoms with Crippen molar-refractivity contribution in [3.05, 3.63) is 39.9 Å². The molecule has 1 N–H and O–H groups in total. The topological polar surface area (TPSA) is 68.4 Å². The highest BCUT2D eigenvalue weighted by Gasteiger charge is 2.15. The number of aromatic amines is 1. The number of benzene rings is 1. The second-order valence-electron chi connectivity index (χ2n) is 3.54. The third kappa shape index (κ3) is 1.81. The van der Waals surface area contributed by atoms with Crippen LogP contribution in [-0.4, -0.2) is 25.2 Å². The average molecular weight is 251 g/mol. The van der Waals surface area contributed by atoms with Crippen LogP contribution in [0.25, 0.3) is 10.9 Å². The zero-order valence-corrected chi connectivity index (χ0v) is 9.74. The van der Waals surface area contributed by atoms with Crippen LogP contribution in [0, 0.1) is 5.82 Å². The van der Waals surface area contributed by atoms with Crippen molar-refractivity contribution in [1.29, 1.82) is 0 Å². The van der Waals surface area contributed by atoms with Crippen LogP contribution in [0.4, 0.5) is 4.39 Å². The first-order chi connectivity index (χ1) is 8.58. The molecule has 0 aliphatic heterocycles. The summed E-state index contributed by atoms with van der Waals surface area (Å²) in [6.07, 6.45) is 0. The van der Waals surface area contributed by atoms with Gasteiger partial charge in [0, 0.05) is 6.07 Å². The molecule has 0 spiro atoms. The van der Waals surface area contributed by atoms with Crippen LogP contribution in [0.1, 0.15) is 10.5 Å². The molecule has 0 saturated carbocycles. The second kappa shape index (κ2) is 4.48. The Labute approximate surface area is 101 Å². The predicted molar refractivity (Wildman–Crippen MR) is 62.4 cm³/mol. The fourth-order valence-corrected chi connectivity index (χ4v) is 1.66. The van der Waals surface area contributed by atoms with Gasteiger partial charge in [-0.2, -0.15) is 0 Å².